The molecule has 26 heavy (non-hydrogen) atoms. The monoisotopic (exact) mass is 356 g/mol. The van der Waals surface area contributed by atoms with Gasteiger partial charge in [0.15, 0.2) is 11.5 Å². The van der Waals surface area contributed by atoms with Gasteiger partial charge < -0.3 is 25.2 Å². The molecule has 1 aliphatic heterocycles. The van der Waals surface area contributed by atoms with Gasteiger partial charge in [-0.2, -0.15) is 0 Å². The van der Waals surface area contributed by atoms with E-state index in [-0.39, 0.29) is 11.8 Å². The minimum atomic E-state index is -0.431. The van der Waals surface area contributed by atoms with Gasteiger partial charge in [0.25, 0.3) is 5.91 Å². The first kappa shape index (κ1) is 18.2. The van der Waals surface area contributed by atoms with Crippen LogP contribution in [0.3, 0.4) is 0 Å². The van der Waals surface area contributed by atoms with Gasteiger partial charge >= 0.3 is 0 Å². The predicted octanol–water partition coefficient (Wildman–Crippen LogP) is 2.19. The Balaban J connectivity index is 1.72. The minimum absolute atomic E-state index is 0.0192. The number of carbonyl (C=O) groups is 1. The fourth-order valence-corrected chi connectivity index (χ4v) is 2.92. The summed E-state index contributed by atoms with van der Waals surface area (Å²) in [5.74, 6) is 1.44. The zero-order chi connectivity index (χ0) is 18.4. The second-order valence-corrected chi connectivity index (χ2v) is 6.17. The van der Waals surface area contributed by atoms with Gasteiger partial charge in [-0.05, 0) is 31.2 Å². The van der Waals surface area contributed by atoms with Crippen LogP contribution in [-0.4, -0.2) is 43.4 Å². The van der Waals surface area contributed by atoms with Crippen molar-refractivity contribution < 1.29 is 19.4 Å². The van der Waals surface area contributed by atoms with Gasteiger partial charge in [0.05, 0.1) is 18.3 Å². The molecule has 3 N–H and O–H groups in total. The van der Waals surface area contributed by atoms with Crippen LogP contribution >= 0.6 is 0 Å². The number of nitrogens with one attached hydrogen (secondary N) is 2. The summed E-state index contributed by atoms with van der Waals surface area (Å²) < 4.78 is 11.5. The highest BCUT2D eigenvalue weighted by atomic mass is 16.5. The summed E-state index contributed by atoms with van der Waals surface area (Å²) in [7, 11) is 0. The van der Waals surface area contributed by atoms with E-state index in [1.807, 2.05) is 31.2 Å². The molecule has 1 amide bonds. The number of rotatable bonds is 7. The van der Waals surface area contributed by atoms with Crippen molar-refractivity contribution in [3.05, 3.63) is 54.1 Å². The van der Waals surface area contributed by atoms with Crippen LogP contribution < -0.4 is 20.1 Å². The molecular weight excluding hydrogens is 332 g/mol. The summed E-state index contributed by atoms with van der Waals surface area (Å²) in [6.45, 7) is 4.11. The second-order valence-electron chi connectivity index (χ2n) is 6.17. The summed E-state index contributed by atoms with van der Waals surface area (Å²) in [5.41, 5.74) is 0.444. The van der Waals surface area contributed by atoms with Gasteiger partial charge in [0.1, 0.15) is 5.75 Å². The van der Waals surface area contributed by atoms with Crippen LogP contribution in [0.25, 0.3) is 0 Å². The van der Waals surface area contributed by atoms with Crippen LogP contribution in [0.15, 0.2) is 48.5 Å². The van der Waals surface area contributed by atoms with Crippen molar-refractivity contribution in [2.24, 2.45) is 5.92 Å². The Kier molecular flexibility index (Phi) is 6.09. The average molecular weight is 356 g/mol. The van der Waals surface area contributed by atoms with Crippen LogP contribution in [0.1, 0.15) is 17.3 Å². The van der Waals surface area contributed by atoms with E-state index >= 15 is 0 Å². The minimum Gasteiger partial charge on any atom is -0.490 e. The fraction of sp³-hybridized carbons (Fsp3) is 0.350. The number of benzene rings is 2. The number of ether oxygens (including phenoxy) is 2. The zero-order valence-electron chi connectivity index (χ0n) is 14.8. The summed E-state index contributed by atoms with van der Waals surface area (Å²) in [5, 5.41) is 15.8. The van der Waals surface area contributed by atoms with Crippen LogP contribution in [-0.2, 0) is 0 Å². The summed E-state index contributed by atoms with van der Waals surface area (Å²) >= 11 is 0. The molecule has 2 atom stereocenters. The molecule has 2 aromatic carbocycles. The third kappa shape index (κ3) is 4.33. The second kappa shape index (κ2) is 8.69. The molecule has 6 heteroatoms. The predicted molar refractivity (Wildman–Crippen MR) is 98.8 cm³/mol. The maximum atomic E-state index is 12.6. The molecule has 2 unspecified atom stereocenters. The number of carbonyl (C=O) groups excluding carboxylic acids is 1. The lowest BCUT2D eigenvalue weighted by Crippen LogP contribution is -2.34. The number of amides is 1. The van der Waals surface area contributed by atoms with E-state index in [4.69, 9.17) is 9.47 Å². The van der Waals surface area contributed by atoms with E-state index in [0.717, 1.165) is 0 Å². The van der Waals surface area contributed by atoms with E-state index in [9.17, 15) is 9.90 Å². The number of para-hydroxylation sites is 3. The normalized spacial score (nSPS) is 19.2. The molecule has 138 valence electrons. The Morgan fingerprint density at radius 2 is 1.81 bits per heavy atom. The maximum Gasteiger partial charge on any atom is 0.255 e. The average Bonchev–Trinajstić information content (AvgIpc) is 3.07. The summed E-state index contributed by atoms with van der Waals surface area (Å²) in [6, 6.07) is 14.5. The SMILES string of the molecule is CCOc1ccccc1Oc1ccccc1C(=O)NCC1CNCC1O. The van der Waals surface area contributed by atoms with Gasteiger partial charge in [-0.3, -0.25) is 4.79 Å². The highest BCUT2D eigenvalue weighted by Gasteiger charge is 2.25. The topological polar surface area (TPSA) is 79.8 Å². The van der Waals surface area contributed by atoms with Crippen molar-refractivity contribution >= 4 is 5.91 Å². The molecule has 0 aliphatic carbocycles. The van der Waals surface area contributed by atoms with Gasteiger partial charge in [-0.25, -0.2) is 0 Å². The molecule has 3 rings (SSSR count). The van der Waals surface area contributed by atoms with E-state index in [2.05, 4.69) is 10.6 Å². The Labute approximate surface area is 153 Å². The van der Waals surface area contributed by atoms with Crippen LogP contribution in [0.4, 0.5) is 0 Å². The molecule has 6 nitrogen and oxygen atoms in total. The molecule has 2 aromatic rings. The molecule has 0 spiro atoms. The van der Waals surface area contributed by atoms with Crippen molar-refractivity contribution in [1.82, 2.24) is 10.6 Å². The van der Waals surface area contributed by atoms with Crippen molar-refractivity contribution in [1.29, 1.82) is 0 Å². The largest absolute Gasteiger partial charge is 0.490 e. The molecule has 0 saturated carbocycles. The summed E-state index contributed by atoms with van der Waals surface area (Å²) in [4.78, 5) is 12.6. The molecule has 1 fully saturated rings. The molecule has 0 radical (unpaired) electrons. The lowest BCUT2D eigenvalue weighted by molar-refractivity contribution is 0.0924. The molecule has 0 aromatic heterocycles. The van der Waals surface area contributed by atoms with E-state index in [1.165, 1.54) is 0 Å². The van der Waals surface area contributed by atoms with Crippen molar-refractivity contribution in [2.75, 3.05) is 26.2 Å². The molecule has 1 heterocycles. The Morgan fingerprint density at radius 3 is 2.50 bits per heavy atom. The molecular formula is C20H24N2O4. The van der Waals surface area contributed by atoms with Gasteiger partial charge in [0, 0.05) is 25.6 Å². The number of aliphatic hydroxyl groups is 1. The standard InChI is InChI=1S/C20H24N2O4/c1-2-25-18-9-5-6-10-19(18)26-17-8-4-3-7-15(17)20(24)22-12-14-11-21-13-16(14)23/h3-10,14,16,21,23H,2,11-13H2,1H3,(H,22,24). The highest BCUT2D eigenvalue weighted by Crippen LogP contribution is 2.32. The molecule has 1 aliphatic rings. The Bertz CT molecular complexity index is 750. The lowest BCUT2D eigenvalue weighted by Gasteiger charge is -2.16. The van der Waals surface area contributed by atoms with Crippen molar-refractivity contribution in [2.45, 2.75) is 13.0 Å². The van der Waals surface area contributed by atoms with Gasteiger partial charge in [-0.15, -0.1) is 0 Å². The fourth-order valence-electron chi connectivity index (χ4n) is 2.92. The summed E-state index contributed by atoms with van der Waals surface area (Å²) in [6.07, 6.45) is -0.431. The van der Waals surface area contributed by atoms with E-state index in [0.29, 0.717) is 49.1 Å². The first-order chi connectivity index (χ1) is 12.7. The molecule has 1 saturated heterocycles. The third-order valence-electron chi connectivity index (χ3n) is 4.33. The number of aliphatic hydroxyl groups excluding tert-OH is 1. The van der Waals surface area contributed by atoms with Crippen LogP contribution in [0, 0.1) is 5.92 Å². The van der Waals surface area contributed by atoms with Gasteiger partial charge in [-0.1, -0.05) is 24.3 Å². The lowest BCUT2D eigenvalue weighted by atomic mass is 10.1. The molecule has 0 bridgehead atoms. The third-order valence-corrected chi connectivity index (χ3v) is 4.33. The Morgan fingerprint density at radius 1 is 1.12 bits per heavy atom. The highest BCUT2D eigenvalue weighted by molar-refractivity contribution is 5.97. The first-order valence-corrected chi connectivity index (χ1v) is 8.84. The smallest absolute Gasteiger partial charge is 0.255 e. The number of hydrogen-bond donors (Lipinski definition) is 3. The maximum absolute atomic E-state index is 12.6. The van der Waals surface area contributed by atoms with Crippen molar-refractivity contribution in [3.8, 4) is 17.2 Å². The van der Waals surface area contributed by atoms with Crippen LogP contribution in [0.5, 0.6) is 17.2 Å². The number of hydrogen-bond acceptors (Lipinski definition) is 5. The van der Waals surface area contributed by atoms with E-state index < -0.39 is 6.10 Å². The van der Waals surface area contributed by atoms with Crippen molar-refractivity contribution in [3.63, 3.8) is 0 Å². The van der Waals surface area contributed by atoms with E-state index in [1.54, 1.807) is 24.3 Å². The quantitative estimate of drug-likeness (QED) is 0.709. The Hall–Kier alpha value is -2.57. The zero-order valence-corrected chi connectivity index (χ0v) is 14.8. The first-order valence-electron chi connectivity index (χ1n) is 8.84. The van der Waals surface area contributed by atoms with Gasteiger partial charge in [0.2, 0.25) is 0 Å². The van der Waals surface area contributed by atoms with Crippen LogP contribution in [0.2, 0.25) is 0 Å². The number of β-amino-alcohol motifs (C(OH)–C–C–N with tert-alkyl or cyclic N) is 1.